The van der Waals surface area contributed by atoms with Crippen LogP contribution in [-0.2, 0) is 4.74 Å². The van der Waals surface area contributed by atoms with Gasteiger partial charge in [0.1, 0.15) is 5.69 Å². The largest absolute Gasteiger partial charge is 0.477 e. The summed E-state index contributed by atoms with van der Waals surface area (Å²) in [6, 6.07) is 2.83. The van der Waals surface area contributed by atoms with Crippen LogP contribution < -0.4 is 0 Å². The number of hydrogen-bond donors (Lipinski definition) is 1. The molecule has 2 rings (SSSR count). The molecule has 0 bridgehead atoms. The van der Waals surface area contributed by atoms with E-state index in [2.05, 4.69) is 4.98 Å². The van der Waals surface area contributed by atoms with E-state index in [1.54, 1.807) is 4.90 Å². The molecular formula is C14H18N2O4. The third kappa shape index (κ3) is 3.14. The zero-order chi connectivity index (χ0) is 14.9. The first-order valence-electron chi connectivity index (χ1n) is 6.45. The number of carboxylic acids is 1. The third-order valence-corrected chi connectivity index (χ3v) is 3.09. The summed E-state index contributed by atoms with van der Waals surface area (Å²) >= 11 is 0. The SMILES string of the molecule is CC1CN(C(=O)c2ccc(C(=O)O)nc2)CC(C)(C)O1. The molecule has 0 saturated carbocycles. The maximum atomic E-state index is 12.4. The molecule has 1 aromatic rings. The van der Waals surface area contributed by atoms with Crippen molar-refractivity contribution < 1.29 is 19.4 Å². The molecule has 1 fully saturated rings. The number of rotatable bonds is 2. The van der Waals surface area contributed by atoms with Gasteiger partial charge in [-0.2, -0.15) is 0 Å². The molecule has 1 aliphatic rings. The van der Waals surface area contributed by atoms with Gasteiger partial charge in [-0.05, 0) is 32.9 Å². The van der Waals surface area contributed by atoms with E-state index in [1.807, 2.05) is 20.8 Å². The van der Waals surface area contributed by atoms with Crippen LogP contribution >= 0.6 is 0 Å². The zero-order valence-electron chi connectivity index (χ0n) is 11.8. The van der Waals surface area contributed by atoms with Crippen LogP contribution in [0.2, 0.25) is 0 Å². The number of carboxylic acid groups (broad SMARTS) is 1. The highest BCUT2D eigenvalue weighted by molar-refractivity contribution is 5.95. The second-order valence-electron chi connectivity index (χ2n) is 5.61. The van der Waals surface area contributed by atoms with Crippen molar-refractivity contribution >= 4 is 11.9 Å². The zero-order valence-corrected chi connectivity index (χ0v) is 11.8. The molecular weight excluding hydrogens is 260 g/mol. The summed E-state index contributed by atoms with van der Waals surface area (Å²) in [6.07, 6.45) is 1.27. The summed E-state index contributed by atoms with van der Waals surface area (Å²) in [7, 11) is 0. The summed E-state index contributed by atoms with van der Waals surface area (Å²) in [5.41, 5.74) is -0.0704. The van der Waals surface area contributed by atoms with Crippen molar-refractivity contribution in [1.82, 2.24) is 9.88 Å². The number of amides is 1. The molecule has 0 radical (unpaired) electrons. The summed E-state index contributed by atoms with van der Waals surface area (Å²) < 4.78 is 5.75. The molecule has 20 heavy (non-hydrogen) atoms. The highest BCUT2D eigenvalue weighted by atomic mass is 16.5. The van der Waals surface area contributed by atoms with E-state index in [1.165, 1.54) is 18.3 Å². The molecule has 6 nitrogen and oxygen atoms in total. The molecule has 2 heterocycles. The first-order valence-corrected chi connectivity index (χ1v) is 6.45. The summed E-state index contributed by atoms with van der Waals surface area (Å²) in [5, 5.41) is 8.79. The Morgan fingerprint density at radius 3 is 2.65 bits per heavy atom. The van der Waals surface area contributed by atoms with Crippen LogP contribution in [0.3, 0.4) is 0 Å². The Morgan fingerprint density at radius 1 is 1.45 bits per heavy atom. The summed E-state index contributed by atoms with van der Waals surface area (Å²) in [6.45, 7) is 6.82. The molecule has 0 aromatic carbocycles. The fourth-order valence-electron chi connectivity index (χ4n) is 2.44. The Balaban J connectivity index is 2.16. The molecule has 108 valence electrons. The quantitative estimate of drug-likeness (QED) is 0.885. The predicted octanol–water partition coefficient (Wildman–Crippen LogP) is 1.42. The van der Waals surface area contributed by atoms with Crippen LogP contribution in [0, 0.1) is 0 Å². The molecule has 1 aliphatic heterocycles. The minimum absolute atomic E-state index is 0.0334. The van der Waals surface area contributed by atoms with Crippen molar-refractivity contribution in [3.63, 3.8) is 0 Å². The normalized spacial score (nSPS) is 21.6. The van der Waals surface area contributed by atoms with Crippen molar-refractivity contribution in [3.8, 4) is 0 Å². The maximum Gasteiger partial charge on any atom is 0.354 e. The van der Waals surface area contributed by atoms with Crippen molar-refractivity contribution in [2.24, 2.45) is 0 Å². The number of carbonyl (C=O) groups is 2. The third-order valence-electron chi connectivity index (χ3n) is 3.09. The van der Waals surface area contributed by atoms with Crippen LogP contribution in [0.5, 0.6) is 0 Å². The molecule has 1 amide bonds. The van der Waals surface area contributed by atoms with Crippen LogP contribution in [0.1, 0.15) is 41.6 Å². The monoisotopic (exact) mass is 278 g/mol. The average Bonchev–Trinajstić information content (AvgIpc) is 2.35. The molecule has 1 atom stereocenters. The Labute approximate surface area is 117 Å². The maximum absolute atomic E-state index is 12.4. The van der Waals surface area contributed by atoms with Gasteiger partial charge in [0, 0.05) is 19.3 Å². The molecule has 1 saturated heterocycles. The number of pyridine rings is 1. The van der Waals surface area contributed by atoms with Gasteiger partial charge in [0.15, 0.2) is 0 Å². The van der Waals surface area contributed by atoms with E-state index >= 15 is 0 Å². The van der Waals surface area contributed by atoms with E-state index in [0.717, 1.165) is 0 Å². The molecule has 1 N–H and O–H groups in total. The number of carbonyl (C=O) groups excluding carboxylic acids is 1. The minimum atomic E-state index is -1.11. The van der Waals surface area contributed by atoms with Gasteiger partial charge in [-0.3, -0.25) is 4.79 Å². The van der Waals surface area contributed by atoms with Crippen molar-refractivity contribution in [1.29, 1.82) is 0 Å². The van der Waals surface area contributed by atoms with Crippen molar-refractivity contribution in [3.05, 3.63) is 29.6 Å². The summed E-state index contributed by atoms with van der Waals surface area (Å²) in [4.78, 5) is 28.6. The number of aromatic carboxylic acids is 1. The standard InChI is InChI=1S/C14H18N2O4/c1-9-7-16(8-14(2,3)20-9)12(17)10-4-5-11(13(18)19)15-6-10/h4-6,9H,7-8H2,1-3H3,(H,18,19). The lowest BCUT2D eigenvalue weighted by atomic mass is 10.0. The van der Waals surface area contributed by atoms with Gasteiger partial charge >= 0.3 is 5.97 Å². The average molecular weight is 278 g/mol. The molecule has 0 aliphatic carbocycles. The van der Waals surface area contributed by atoms with Gasteiger partial charge in [-0.25, -0.2) is 9.78 Å². The number of morpholine rings is 1. The second-order valence-corrected chi connectivity index (χ2v) is 5.61. The Morgan fingerprint density at radius 2 is 2.15 bits per heavy atom. The van der Waals surface area contributed by atoms with E-state index in [0.29, 0.717) is 18.7 Å². The highest BCUT2D eigenvalue weighted by Crippen LogP contribution is 2.22. The van der Waals surface area contributed by atoms with Crippen LogP contribution in [0.25, 0.3) is 0 Å². The van der Waals surface area contributed by atoms with Gasteiger partial charge in [-0.1, -0.05) is 0 Å². The molecule has 0 spiro atoms. The lowest BCUT2D eigenvalue weighted by molar-refractivity contribution is -0.118. The second kappa shape index (κ2) is 5.20. The van der Waals surface area contributed by atoms with Crippen molar-refractivity contribution in [2.75, 3.05) is 13.1 Å². The first kappa shape index (κ1) is 14.5. The Bertz CT molecular complexity index is 524. The predicted molar refractivity (Wildman–Crippen MR) is 71.7 cm³/mol. The number of nitrogens with zero attached hydrogens (tertiary/aromatic N) is 2. The van der Waals surface area contributed by atoms with E-state index < -0.39 is 5.97 Å². The lowest BCUT2D eigenvalue weighted by Gasteiger charge is -2.41. The fraction of sp³-hybridized carbons (Fsp3) is 0.500. The topological polar surface area (TPSA) is 79.7 Å². The van der Waals surface area contributed by atoms with Gasteiger partial charge in [-0.15, -0.1) is 0 Å². The van der Waals surface area contributed by atoms with Gasteiger partial charge in [0.2, 0.25) is 0 Å². The van der Waals surface area contributed by atoms with E-state index in [-0.39, 0.29) is 23.3 Å². The minimum Gasteiger partial charge on any atom is -0.477 e. The van der Waals surface area contributed by atoms with Gasteiger partial charge in [0.05, 0.1) is 17.3 Å². The molecule has 6 heteroatoms. The Kier molecular flexibility index (Phi) is 3.76. The van der Waals surface area contributed by atoms with E-state index in [4.69, 9.17) is 9.84 Å². The summed E-state index contributed by atoms with van der Waals surface area (Å²) in [5.74, 6) is -1.26. The number of ether oxygens (including phenoxy) is 1. The lowest BCUT2D eigenvalue weighted by Crippen LogP contribution is -2.53. The van der Waals surface area contributed by atoms with Crippen LogP contribution in [-0.4, -0.2) is 51.7 Å². The number of aromatic nitrogens is 1. The van der Waals surface area contributed by atoms with Crippen LogP contribution in [0.4, 0.5) is 0 Å². The van der Waals surface area contributed by atoms with Crippen LogP contribution in [0.15, 0.2) is 18.3 Å². The van der Waals surface area contributed by atoms with Gasteiger partial charge in [0.25, 0.3) is 5.91 Å². The van der Waals surface area contributed by atoms with Crippen molar-refractivity contribution in [2.45, 2.75) is 32.5 Å². The Hall–Kier alpha value is -1.95. The van der Waals surface area contributed by atoms with E-state index in [9.17, 15) is 9.59 Å². The van der Waals surface area contributed by atoms with Gasteiger partial charge < -0.3 is 14.7 Å². The molecule has 1 aromatic heterocycles. The highest BCUT2D eigenvalue weighted by Gasteiger charge is 2.34. The number of hydrogen-bond acceptors (Lipinski definition) is 4. The fourth-order valence-corrected chi connectivity index (χ4v) is 2.44. The smallest absolute Gasteiger partial charge is 0.354 e. The first-order chi connectivity index (χ1) is 9.28. The molecule has 1 unspecified atom stereocenters.